The van der Waals surface area contributed by atoms with Crippen molar-refractivity contribution in [3.8, 4) is 0 Å². The largest absolute Gasteiger partial charge is 0.870 e. The molecule has 3 heteroatoms. The van der Waals surface area contributed by atoms with Crippen LogP contribution in [-0.4, -0.2) is 60.2 Å². The van der Waals surface area contributed by atoms with Crippen LogP contribution in [0.3, 0.4) is 0 Å². The van der Waals surface area contributed by atoms with E-state index in [9.17, 15) is 0 Å². The first-order valence-electron chi connectivity index (χ1n) is 6.02. The van der Waals surface area contributed by atoms with Crippen LogP contribution < -0.4 is 0 Å². The SMILES string of the molecule is CN1C(C)(C)CC([N+](C)(C)C)CC1(C)C.[OH-]. The Morgan fingerprint density at radius 2 is 1.25 bits per heavy atom. The number of likely N-dealkylation sites (tertiary alicyclic amines) is 1. The molecule has 3 nitrogen and oxygen atoms in total. The van der Waals surface area contributed by atoms with E-state index in [-0.39, 0.29) is 5.48 Å². The smallest absolute Gasteiger partial charge is 0.0919 e. The Kier molecular flexibility index (Phi) is 4.25. The average molecular weight is 230 g/mol. The standard InChI is InChI=1S/C13H29N2.H2O/c1-12(2)9-11(15(6,7)8)10-13(3,4)14(12)5;/h11H,9-10H2,1-8H3;1H2/q+1;/p-1. The maximum atomic E-state index is 2.55. The van der Waals surface area contributed by atoms with Crippen LogP contribution in [0.15, 0.2) is 0 Å². The van der Waals surface area contributed by atoms with Gasteiger partial charge in [0.2, 0.25) is 0 Å². The molecule has 1 saturated heterocycles. The highest BCUT2D eigenvalue weighted by molar-refractivity contribution is 4.98. The van der Waals surface area contributed by atoms with Gasteiger partial charge in [0.05, 0.1) is 27.2 Å². The Labute approximate surface area is 101 Å². The summed E-state index contributed by atoms with van der Waals surface area (Å²) in [5, 5.41) is 0. The molecule has 0 aromatic carbocycles. The predicted octanol–water partition coefficient (Wildman–Crippen LogP) is 2.17. The quantitative estimate of drug-likeness (QED) is 0.647. The molecule has 16 heavy (non-hydrogen) atoms. The van der Waals surface area contributed by atoms with E-state index in [1.807, 2.05) is 0 Å². The van der Waals surface area contributed by atoms with Crippen molar-refractivity contribution in [2.45, 2.75) is 57.7 Å². The van der Waals surface area contributed by atoms with E-state index in [0.29, 0.717) is 11.1 Å². The van der Waals surface area contributed by atoms with E-state index >= 15 is 0 Å². The van der Waals surface area contributed by atoms with E-state index in [1.54, 1.807) is 0 Å². The Morgan fingerprint density at radius 1 is 0.938 bits per heavy atom. The lowest BCUT2D eigenvalue weighted by molar-refractivity contribution is -0.899. The number of quaternary nitrogens is 1. The van der Waals surface area contributed by atoms with Gasteiger partial charge >= 0.3 is 0 Å². The number of rotatable bonds is 1. The molecule has 0 bridgehead atoms. The molecule has 1 rings (SSSR count). The van der Waals surface area contributed by atoms with Crippen LogP contribution in [0.5, 0.6) is 0 Å². The van der Waals surface area contributed by atoms with Crippen molar-refractivity contribution < 1.29 is 9.96 Å². The van der Waals surface area contributed by atoms with Crippen LogP contribution in [0.4, 0.5) is 0 Å². The van der Waals surface area contributed by atoms with E-state index < -0.39 is 0 Å². The summed E-state index contributed by atoms with van der Waals surface area (Å²) in [4.78, 5) is 2.55. The van der Waals surface area contributed by atoms with Crippen molar-refractivity contribution in [3.63, 3.8) is 0 Å². The van der Waals surface area contributed by atoms with E-state index in [2.05, 4.69) is 60.8 Å². The molecule has 1 aliphatic heterocycles. The summed E-state index contributed by atoms with van der Waals surface area (Å²) in [6, 6.07) is 0.770. The lowest BCUT2D eigenvalue weighted by Crippen LogP contribution is -2.64. The second-order valence-electron chi connectivity index (χ2n) is 7.36. The fourth-order valence-electron chi connectivity index (χ4n) is 2.87. The minimum absolute atomic E-state index is 0. The predicted molar refractivity (Wildman–Crippen MR) is 68.9 cm³/mol. The van der Waals surface area contributed by atoms with E-state index in [0.717, 1.165) is 10.5 Å². The molecule has 0 atom stereocenters. The fourth-order valence-corrected chi connectivity index (χ4v) is 2.87. The summed E-state index contributed by atoms with van der Waals surface area (Å²) in [6.45, 7) is 9.49. The summed E-state index contributed by atoms with van der Waals surface area (Å²) in [6.07, 6.45) is 2.58. The van der Waals surface area contributed by atoms with E-state index in [4.69, 9.17) is 0 Å². The molecule has 0 saturated carbocycles. The molecule has 0 unspecified atom stereocenters. The number of piperidine rings is 1. The zero-order chi connectivity index (χ0) is 12.1. The molecule has 0 radical (unpaired) electrons. The summed E-state index contributed by atoms with van der Waals surface area (Å²) in [7, 11) is 9.23. The fraction of sp³-hybridized carbons (Fsp3) is 1.00. The second-order valence-corrected chi connectivity index (χ2v) is 7.36. The average Bonchev–Trinajstić information content (AvgIpc) is 1.97. The topological polar surface area (TPSA) is 33.2 Å². The zero-order valence-electron chi connectivity index (χ0n) is 12.3. The van der Waals surface area contributed by atoms with Crippen LogP contribution in [-0.2, 0) is 0 Å². The number of hydrogen-bond donors (Lipinski definition) is 0. The van der Waals surface area contributed by atoms with Gasteiger partial charge in [0.25, 0.3) is 0 Å². The molecule has 0 aromatic heterocycles. The third-order valence-corrected chi connectivity index (χ3v) is 4.38. The van der Waals surface area contributed by atoms with Gasteiger partial charge in [-0.15, -0.1) is 0 Å². The Bertz CT molecular complexity index is 223. The van der Waals surface area contributed by atoms with E-state index in [1.165, 1.54) is 12.8 Å². The molecule has 0 aliphatic carbocycles. The van der Waals surface area contributed by atoms with Gasteiger partial charge < -0.3 is 9.96 Å². The molecule has 98 valence electrons. The molecule has 1 fully saturated rings. The van der Waals surface area contributed by atoms with Crippen LogP contribution in [0.2, 0.25) is 0 Å². The number of hydrogen-bond acceptors (Lipinski definition) is 2. The first-order valence-corrected chi connectivity index (χ1v) is 6.02. The van der Waals surface area contributed by atoms with Crippen LogP contribution >= 0.6 is 0 Å². The third kappa shape index (κ3) is 2.96. The van der Waals surface area contributed by atoms with Gasteiger partial charge in [-0.2, -0.15) is 0 Å². The maximum absolute atomic E-state index is 2.55. The molecule has 0 aromatic rings. The summed E-state index contributed by atoms with van der Waals surface area (Å²) >= 11 is 0. The van der Waals surface area contributed by atoms with Crippen molar-refractivity contribution in [1.29, 1.82) is 0 Å². The second kappa shape index (κ2) is 4.28. The van der Waals surface area contributed by atoms with Gasteiger partial charge in [0.1, 0.15) is 0 Å². The van der Waals surface area contributed by atoms with Crippen LogP contribution in [0.1, 0.15) is 40.5 Å². The van der Waals surface area contributed by atoms with Gasteiger partial charge in [0.15, 0.2) is 0 Å². The van der Waals surface area contributed by atoms with Gasteiger partial charge in [-0.05, 0) is 34.7 Å². The normalized spacial score (nSPS) is 26.2. The van der Waals surface area contributed by atoms with Gasteiger partial charge in [0, 0.05) is 23.9 Å². The zero-order valence-corrected chi connectivity index (χ0v) is 12.3. The highest BCUT2D eigenvalue weighted by atomic mass is 16.0. The first-order chi connectivity index (χ1) is 6.47. The molecule has 0 amide bonds. The monoisotopic (exact) mass is 230 g/mol. The van der Waals surface area contributed by atoms with Gasteiger partial charge in [-0.1, -0.05) is 0 Å². The minimum atomic E-state index is 0. The molecule has 1 aliphatic rings. The van der Waals surface area contributed by atoms with Crippen LogP contribution in [0.25, 0.3) is 0 Å². The highest BCUT2D eigenvalue weighted by Crippen LogP contribution is 2.39. The Hall–Kier alpha value is -0.120. The van der Waals surface area contributed by atoms with Crippen molar-refractivity contribution >= 4 is 0 Å². The lowest BCUT2D eigenvalue weighted by atomic mass is 9.76. The maximum Gasteiger partial charge on any atom is 0.0919 e. The Balaban J connectivity index is 0.00000225. The van der Waals surface area contributed by atoms with Gasteiger partial charge in [-0.3, -0.25) is 4.90 Å². The van der Waals surface area contributed by atoms with Crippen molar-refractivity contribution in [2.75, 3.05) is 28.2 Å². The van der Waals surface area contributed by atoms with Crippen LogP contribution in [0, 0.1) is 0 Å². The molecular weight excluding hydrogens is 200 g/mol. The minimum Gasteiger partial charge on any atom is -0.870 e. The van der Waals surface area contributed by atoms with Crippen molar-refractivity contribution in [1.82, 2.24) is 4.90 Å². The molecule has 1 N–H and O–H groups in total. The highest BCUT2D eigenvalue weighted by Gasteiger charge is 2.47. The third-order valence-electron chi connectivity index (χ3n) is 4.38. The Morgan fingerprint density at radius 3 is 1.50 bits per heavy atom. The molecular formula is C13H30N2O. The summed E-state index contributed by atoms with van der Waals surface area (Å²) in [5.74, 6) is 0. The van der Waals surface area contributed by atoms with Crippen molar-refractivity contribution in [3.05, 3.63) is 0 Å². The summed E-state index contributed by atoms with van der Waals surface area (Å²) in [5.41, 5.74) is 0.635. The number of nitrogens with zero attached hydrogens (tertiary/aromatic N) is 2. The molecule has 0 spiro atoms. The summed E-state index contributed by atoms with van der Waals surface area (Å²) < 4.78 is 1.08. The molecule has 1 heterocycles. The first kappa shape index (κ1) is 15.9. The van der Waals surface area contributed by atoms with Gasteiger partial charge in [-0.25, -0.2) is 0 Å². The lowest BCUT2D eigenvalue weighted by Gasteiger charge is -2.55. The van der Waals surface area contributed by atoms with Crippen molar-refractivity contribution in [2.24, 2.45) is 0 Å².